The zero-order valence-corrected chi connectivity index (χ0v) is 17.8. The van der Waals surface area contributed by atoms with E-state index in [0.717, 1.165) is 61.2 Å². The van der Waals surface area contributed by atoms with Crippen LogP contribution in [0.15, 0.2) is 36.5 Å². The molecule has 2 unspecified atom stereocenters. The van der Waals surface area contributed by atoms with E-state index in [0.29, 0.717) is 12.3 Å². The quantitative estimate of drug-likeness (QED) is 0.753. The Morgan fingerprint density at radius 3 is 2.86 bits per heavy atom. The molecule has 2 aliphatic rings. The second-order valence-electron chi connectivity index (χ2n) is 8.18. The van der Waals surface area contributed by atoms with Crippen LogP contribution in [0.2, 0.25) is 5.02 Å². The molecule has 0 saturated carbocycles. The molecule has 2 atom stereocenters. The van der Waals surface area contributed by atoms with Gasteiger partial charge in [0.05, 0.1) is 6.04 Å². The van der Waals surface area contributed by atoms with Crippen molar-refractivity contribution in [2.45, 2.75) is 31.7 Å². The van der Waals surface area contributed by atoms with E-state index >= 15 is 0 Å². The van der Waals surface area contributed by atoms with Crippen LogP contribution in [0.3, 0.4) is 0 Å². The van der Waals surface area contributed by atoms with Gasteiger partial charge in [0.1, 0.15) is 5.82 Å². The summed E-state index contributed by atoms with van der Waals surface area (Å²) in [7, 11) is 3.96. The van der Waals surface area contributed by atoms with Gasteiger partial charge in [-0.05, 0) is 48.9 Å². The number of fused-ring (bicyclic) bond motifs is 1. The Balaban J connectivity index is 1.41. The molecule has 0 N–H and O–H groups in total. The molecule has 0 bridgehead atoms. The van der Waals surface area contributed by atoms with Gasteiger partial charge in [0.25, 0.3) is 0 Å². The summed E-state index contributed by atoms with van der Waals surface area (Å²) in [5, 5.41) is 0.721. The zero-order chi connectivity index (χ0) is 20.4. The average Bonchev–Trinajstić information content (AvgIpc) is 3.15. The first-order chi connectivity index (χ1) is 14.0. The van der Waals surface area contributed by atoms with E-state index in [1.165, 1.54) is 0 Å². The number of anilines is 2. The molecule has 0 spiro atoms. The highest BCUT2D eigenvalue weighted by Crippen LogP contribution is 2.33. The maximum Gasteiger partial charge on any atom is 0.227 e. The van der Waals surface area contributed by atoms with E-state index in [1.54, 1.807) is 0 Å². The van der Waals surface area contributed by atoms with Crippen molar-refractivity contribution in [2.24, 2.45) is 5.92 Å². The normalized spacial score (nSPS) is 21.2. The largest absolute Gasteiger partial charge is 0.363 e. The number of amides is 1. The molecule has 0 aliphatic carbocycles. The van der Waals surface area contributed by atoms with E-state index in [2.05, 4.69) is 19.8 Å². The summed E-state index contributed by atoms with van der Waals surface area (Å²) < 4.78 is 0. The van der Waals surface area contributed by atoms with Crippen LogP contribution in [0.1, 0.15) is 24.8 Å². The third-order valence-corrected chi connectivity index (χ3v) is 6.30. The number of likely N-dealkylation sites (tertiary alicyclic amines) is 1. The topological polar surface area (TPSA) is 52.6 Å². The summed E-state index contributed by atoms with van der Waals surface area (Å²) in [4.78, 5) is 28.5. The SMILES string of the molecule is CN(C)c1ccnc(N2CCC3CCN(C(=O)CCc4cccc(Cl)c4)C3C2)n1. The Labute approximate surface area is 177 Å². The number of aryl methyl sites for hydroxylation is 1. The summed E-state index contributed by atoms with van der Waals surface area (Å²) >= 11 is 6.07. The van der Waals surface area contributed by atoms with Crippen molar-refractivity contribution in [1.82, 2.24) is 14.9 Å². The summed E-state index contributed by atoms with van der Waals surface area (Å²) in [5.74, 6) is 2.48. The summed E-state index contributed by atoms with van der Waals surface area (Å²) in [6.45, 7) is 2.61. The number of aromatic nitrogens is 2. The first kappa shape index (κ1) is 20.0. The lowest BCUT2D eigenvalue weighted by molar-refractivity contribution is -0.132. The maximum absolute atomic E-state index is 13.0. The summed E-state index contributed by atoms with van der Waals surface area (Å²) in [6.07, 6.45) is 5.24. The fourth-order valence-electron chi connectivity index (χ4n) is 4.46. The number of hydrogen-bond donors (Lipinski definition) is 0. The van der Waals surface area contributed by atoms with Crippen molar-refractivity contribution in [2.75, 3.05) is 43.5 Å². The van der Waals surface area contributed by atoms with Crippen LogP contribution in [0.4, 0.5) is 11.8 Å². The van der Waals surface area contributed by atoms with Gasteiger partial charge in [0, 0.05) is 51.4 Å². The standard InChI is InChI=1S/C22H28ClN5O/c1-26(2)20-8-11-24-22(25-20)27-12-9-17-10-13-28(19(17)15-27)21(29)7-6-16-4-3-5-18(23)14-16/h3-5,8,11,14,17,19H,6-7,9-10,12-13,15H2,1-2H3. The third-order valence-electron chi connectivity index (χ3n) is 6.07. The highest BCUT2D eigenvalue weighted by molar-refractivity contribution is 6.30. The Morgan fingerprint density at radius 2 is 2.07 bits per heavy atom. The number of hydrogen-bond acceptors (Lipinski definition) is 5. The van der Waals surface area contributed by atoms with E-state index in [-0.39, 0.29) is 11.9 Å². The lowest BCUT2D eigenvalue weighted by atomic mass is 9.92. The molecule has 1 aromatic carbocycles. The second-order valence-corrected chi connectivity index (χ2v) is 8.61. The van der Waals surface area contributed by atoms with E-state index in [9.17, 15) is 4.79 Å². The minimum atomic E-state index is 0.238. The summed E-state index contributed by atoms with van der Waals surface area (Å²) in [6, 6.07) is 9.94. The Bertz CT molecular complexity index is 874. The monoisotopic (exact) mass is 413 g/mol. The number of halogens is 1. The number of rotatable bonds is 5. The van der Waals surface area contributed by atoms with Crippen molar-refractivity contribution < 1.29 is 4.79 Å². The van der Waals surface area contributed by atoms with Gasteiger partial charge in [-0.3, -0.25) is 4.79 Å². The van der Waals surface area contributed by atoms with Crippen LogP contribution in [0.25, 0.3) is 0 Å². The maximum atomic E-state index is 13.0. The Morgan fingerprint density at radius 1 is 1.24 bits per heavy atom. The molecule has 0 radical (unpaired) electrons. The molecule has 29 heavy (non-hydrogen) atoms. The molecule has 6 nitrogen and oxygen atoms in total. The fraction of sp³-hybridized carbons (Fsp3) is 0.500. The molecule has 3 heterocycles. The number of piperidine rings is 1. The van der Waals surface area contributed by atoms with Gasteiger partial charge in [-0.1, -0.05) is 23.7 Å². The van der Waals surface area contributed by atoms with Crippen LogP contribution >= 0.6 is 11.6 Å². The number of nitrogens with zero attached hydrogens (tertiary/aromatic N) is 5. The highest BCUT2D eigenvalue weighted by Gasteiger charge is 2.40. The molecule has 2 aliphatic heterocycles. The summed E-state index contributed by atoms with van der Waals surface area (Å²) in [5.41, 5.74) is 1.11. The molecule has 2 saturated heterocycles. The van der Waals surface area contributed by atoms with Gasteiger partial charge in [-0.15, -0.1) is 0 Å². The molecule has 4 rings (SSSR count). The molecule has 2 fully saturated rings. The Kier molecular flexibility index (Phi) is 5.90. The van der Waals surface area contributed by atoms with Crippen molar-refractivity contribution >= 4 is 29.3 Å². The molecule has 1 aromatic heterocycles. The molecule has 2 aromatic rings. The van der Waals surface area contributed by atoms with Crippen molar-refractivity contribution in [3.05, 3.63) is 47.1 Å². The van der Waals surface area contributed by atoms with Gasteiger partial charge in [0.15, 0.2) is 0 Å². The lowest BCUT2D eigenvalue weighted by Crippen LogP contribution is -2.50. The van der Waals surface area contributed by atoms with E-state index in [1.807, 2.05) is 55.5 Å². The van der Waals surface area contributed by atoms with Gasteiger partial charge in [-0.25, -0.2) is 4.98 Å². The predicted octanol–water partition coefficient (Wildman–Crippen LogP) is 3.26. The second kappa shape index (κ2) is 8.57. The molecule has 154 valence electrons. The molecule has 7 heteroatoms. The predicted molar refractivity (Wildman–Crippen MR) is 117 cm³/mol. The van der Waals surface area contributed by atoms with E-state index < -0.39 is 0 Å². The van der Waals surface area contributed by atoms with Crippen molar-refractivity contribution in [3.63, 3.8) is 0 Å². The first-order valence-electron chi connectivity index (χ1n) is 10.3. The number of carbonyl (C=O) groups is 1. The third kappa shape index (κ3) is 4.47. The fourth-order valence-corrected chi connectivity index (χ4v) is 4.67. The van der Waals surface area contributed by atoms with Crippen LogP contribution < -0.4 is 9.80 Å². The lowest BCUT2D eigenvalue weighted by Gasteiger charge is -2.38. The van der Waals surface area contributed by atoms with Crippen molar-refractivity contribution in [3.8, 4) is 0 Å². The van der Waals surface area contributed by atoms with Gasteiger partial charge < -0.3 is 14.7 Å². The van der Waals surface area contributed by atoms with Crippen LogP contribution in [-0.4, -0.2) is 60.5 Å². The number of carbonyl (C=O) groups excluding carboxylic acids is 1. The zero-order valence-electron chi connectivity index (χ0n) is 17.1. The molecular weight excluding hydrogens is 386 g/mol. The average molecular weight is 414 g/mol. The smallest absolute Gasteiger partial charge is 0.227 e. The van der Waals surface area contributed by atoms with Crippen LogP contribution in [-0.2, 0) is 11.2 Å². The van der Waals surface area contributed by atoms with Crippen LogP contribution in [0, 0.1) is 5.92 Å². The highest BCUT2D eigenvalue weighted by atomic mass is 35.5. The number of benzene rings is 1. The Hall–Kier alpha value is -2.34. The first-order valence-corrected chi connectivity index (χ1v) is 10.7. The van der Waals surface area contributed by atoms with Crippen LogP contribution in [0.5, 0.6) is 0 Å². The minimum Gasteiger partial charge on any atom is -0.363 e. The molecule has 1 amide bonds. The van der Waals surface area contributed by atoms with Crippen molar-refractivity contribution in [1.29, 1.82) is 0 Å². The van der Waals surface area contributed by atoms with Gasteiger partial charge in [0.2, 0.25) is 11.9 Å². The molecular formula is C22H28ClN5O. The van der Waals surface area contributed by atoms with Gasteiger partial charge >= 0.3 is 0 Å². The van der Waals surface area contributed by atoms with E-state index in [4.69, 9.17) is 11.6 Å². The van der Waals surface area contributed by atoms with Gasteiger partial charge in [-0.2, -0.15) is 4.98 Å². The minimum absolute atomic E-state index is 0.238.